The Labute approximate surface area is 172 Å². The fourth-order valence-electron chi connectivity index (χ4n) is 4.16. The van der Waals surface area contributed by atoms with E-state index in [2.05, 4.69) is 54.3 Å². The van der Waals surface area contributed by atoms with Crippen LogP contribution in [-0.2, 0) is 0 Å². The van der Waals surface area contributed by atoms with E-state index in [0.717, 1.165) is 39.4 Å². The summed E-state index contributed by atoms with van der Waals surface area (Å²) < 4.78 is 5.43. The first kappa shape index (κ1) is 19.4. The second-order valence-electron chi connectivity index (χ2n) is 7.78. The molecule has 1 aliphatic carbocycles. The lowest BCUT2D eigenvalue weighted by Gasteiger charge is -2.12. The first-order valence-corrected chi connectivity index (χ1v) is 10.6. The molecule has 0 bridgehead atoms. The topological polar surface area (TPSA) is 54.7 Å². The van der Waals surface area contributed by atoms with Gasteiger partial charge in [-0.05, 0) is 74.9 Å². The third-order valence-corrected chi connectivity index (χ3v) is 5.64. The quantitative estimate of drug-likeness (QED) is 0.411. The van der Waals surface area contributed by atoms with Crippen molar-refractivity contribution in [1.82, 2.24) is 15.1 Å². The molecule has 0 amide bonds. The maximum Gasteiger partial charge on any atom is 0.141 e. The van der Waals surface area contributed by atoms with Crippen LogP contribution in [0.1, 0.15) is 61.0 Å². The fraction of sp³-hybridized carbons (Fsp3) is 0.360. The van der Waals surface area contributed by atoms with Gasteiger partial charge in [0.2, 0.25) is 0 Å². The monoisotopic (exact) mass is 387 g/mol. The molecule has 0 spiro atoms. The van der Waals surface area contributed by atoms with Crippen molar-refractivity contribution in [2.24, 2.45) is 0 Å². The van der Waals surface area contributed by atoms with E-state index < -0.39 is 0 Å². The summed E-state index contributed by atoms with van der Waals surface area (Å²) in [5.41, 5.74) is 10.3. The summed E-state index contributed by atoms with van der Waals surface area (Å²) in [4.78, 5) is 8.59. The molecule has 29 heavy (non-hydrogen) atoms. The number of imidazole rings is 1. The molecule has 1 aliphatic rings. The van der Waals surface area contributed by atoms with Gasteiger partial charge in [0.15, 0.2) is 0 Å². The number of nitrogens with one attached hydrogen (secondary N) is 1. The number of fused-ring (bicyclic) bond motifs is 1. The van der Waals surface area contributed by atoms with E-state index in [-0.39, 0.29) is 0 Å². The minimum Gasteiger partial charge on any atom is -0.361 e. The van der Waals surface area contributed by atoms with Crippen LogP contribution < -0.4 is 0 Å². The summed E-state index contributed by atoms with van der Waals surface area (Å²) in [6.07, 6.45) is 2.46. The van der Waals surface area contributed by atoms with Crippen molar-refractivity contribution in [2.75, 3.05) is 0 Å². The lowest BCUT2D eigenvalue weighted by atomic mass is 9.91. The van der Waals surface area contributed by atoms with Gasteiger partial charge in [-0.1, -0.05) is 37.2 Å². The first-order valence-electron chi connectivity index (χ1n) is 10.6. The summed E-state index contributed by atoms with van der Waals surface area (Å²) >= 11 is 0. The predicted octanol–water partition coefficient (Wildman–Crippen LogP) is 7.02. The van der Waals surface area contributed by atoms with Crippen molar-refractivity contribution in [3.8, 4) is 22.3 Å². The molecule has 2 aromatic heterocycles. The van der Waals surface area contributed by atoms with Gasteiger partial charge in [-0.3, -0.25) is 0 Å². The van der Waals surface area contributed by atoms with Crippen LogP contribution in [0.2, 0.25) is 0 Å². The molecule has 1 fully saturated rings. The smallest absolute Gasteiger partial charge is 0.141 e. The molecule has 4 nitrogen and oxygen atoms in total. The SMILES string of the molecule is CC.Cc1cccc(C)c1-c1cc(-c2c(C)noc2C)cc2[nH]c(C3CC3)nc12. The van der Waals surface area contributed by atoms with Gasteiger partial charge in [0.25, 0.3) is 0 Å². The number of hydrogen-bond acceptors (Lipinski definition) is 3. The number of nitrogens with zero attached hydrogens (tertiary/aromatic N) is 2. The molecule has 2 heterocycles. The summed E-state index contributed by atoms with van der Waals surface area (Å²) in [6.45, 7) is 12.3. The molecular formula is C25H29N3O. The molecule has 5 rings (SSSR count). The lowest BCUT2D eigenvalue weighted by Crippen LogP contribution is -1.91. The number of rotatable bonds is 3. The van der Waals surface area contributed by atoms with Gasteiger partial charge in [0.05, 0.1) is 16.7 Å². The standard InChI is InChI=1S/C23H23N3O.C2H6/c1-12-6-5-7-13(2)20(12)18-10-17(21-14(3)26-27-15(21)4)11-19-22(18)25-23(24-19)16-8-9-16;1-2/h5-7,10-11,16H,8-9H2,1-4H3,(H,24,25);1-2H3. The molecule has 0 atom stereocenters. The minimum absolute atomic E-state index is 0.589. The number of benzene rings is 2. The van der Waals surface area contributed by atoms with Crippen molar-refractivity contribution in [3.05, 3.63) is 58.7 Å². The van der Waals surface area contributed by atoms with Crippen molar-refractivity contribution in [2.45, 2.75) is 60.3 Å². The zero-order valence-corrected chi connectivity index (χ0v) is 18.2. The summed E-state index contributed by atoms with van der Waals surface area (Å²) in [7, 11) is 0. The van der Waals surface area contributed by atoms with Gasteiger partial charge in [-0.15, -0.1) is 0 Å². The molecule has 0 radical (unpaired) electrons. The van der Waals surface area contributed by atoms with E-state index in [1.807, 2.05) is 27.7 Å². The van der Waals surface area contributed by atoms with Gasteiger partial charge in [0.1, 0.15) is 11.6 Å². The highest BCUT2D eigenvalue weighted by Crippen LogP contribution is 2.42. The Balaban J connectivity index is 0.000000994. The predicted molar refractivity (Wildman–Crippen MR) is 119 cm³/mol. The van der Waals surface area contributed by atoms with Gasteiger partial charge >= 0.3 is 0 Å². The minimum atomic E-state index is 0.589. The van der Waals surface area contributed by atoms with E-state index in [4.69, 9.17) is 9.51 Å². The third-order valence-electron chi connectivity index (χ3n) is 5.64. The van der Waals surface area contributed by atoms with Crippen molar-refractivity contribution >= 4 is 11.0 Å². The first-order chi connectivity index (χ1) is 14.0. The van der Waals surface area contributed by atoms with Gasteiger partial charge in [-0.25, -0.2) is 4.98 Å². The molecule has 1 N–H and O–H groups in total. The second-order valence-corrected chi connectivity index (χ2v) is 7.78. The lowest BCUT2D eigenvalue weighted by molar-refractivity contribution is 0.393. The van der Waals surface area contributed by atoms with Crippen LogP contribution in [0.3, 0.4) is 0 Å². The zero-order valence-electron chi connectivity index (χ0n) is 18.2. The maximum absolute atomic E-state index is 5.43. The summed E-state index contributed by atoms with van der Waals surface area (Å²) in [6, 6.07) is 10.9. The van der Waals surface area contributed by atoms with Crippen LogP contribution in [0, 0.1) is 27.7 Å². The Kier molecular flexibility index (Phi) is 5.03. The zero-order chi connectivity index (χ0) is 20.7. The van der Waals surface area contributed by atoms with Gasteiger partial charge in [0, 0.05) is 17.0 Å². The van der Waals surface area contributed by atoms with Crippen molar-refractivity contribution < 1.29 is 4.52 Å². The number of hydrogen-bond donors (Lipinski definition) is 1. The number of aromatic nitrogens is 3. The number of aryl methyl sites for hydroxylation is 4. The Morgan fingerprint density at radius 2 is 1.66 bits per heavy atom. The highest BCUT2D eigenvalue weighted by Gasteiger charge is 2.28. The molecule has 4 aromatic rings. The van der Waals surface area contributed by atoms with E-state index in [0.29, 0.717) is 5.92 Å². The third kappa shape index (κ3) is 3.37. The molecule has 0 aliphatic heterocycles. The second kappa shape index (κ2) is 7.51. The Morgan fingerprint density at radius 1 is 0.966 bits per heavy atom. The fourth-order valence-corrected chi connectivity index (χ4v) is 4.16. The van der Waals surface area contributed by atoms with Crippen LogP contribution in [0.15, 0.2) is 34.9 Å². The van der Waals surface area contributed by atoms with Crippen LogP contribution >= 0.6 is 0 Å². The van der Waals surface area contributed by atoms with Crippen molar-refractivity contribution in [1.29, 1.82) is 0 Å². The number of aromatic amines is 1. The highest BCUT2D eigenvalue weighted by atomic mass is 16.5. The van der Waals surface area contributed by atoms with Crippen LogP contribution in [0.5, 0.6) is 0 Å². The van der Waals surface area contributed by atoms with Crippen LogP contribution in [0.4, 0.5) is 0 Å². The average molecular weight is 388 g/mol. The molecular weight excluding hydrogens is 358 g/mol. The maximum atomic E-state index is 5.43. The van der Waals surface area contributed by atoms with Gasteiger partial charge < -0.3 is 9.51 Å². The molecule has 0 saturated heterocycles. The summed E-state index contributed by atoms with van der Waals surface area (Å²) in [5, 5.41) is 4.15. The molecule has 0 unspecified atom stereocenters. The Hall–Kier alpha value is -2.88. The molecule has 1 saturated carbocycles. The molecule has 4 heteroatoms. The largest absolute Gasteiger partial charge is 0.361 e. The average Bonchev–Trinajstić information content (AvgIpc) is 3.38. The van der Waals surface area contributed by atoms with E-state index in [1.54, 1.807) is 0 Å². The van der Waals surface area contributed by atoms with E-state index >= 15 is 0 Å². The molecule has 2 aromatic carbocycles. The molecule has 150 valence electrons. The number of H-pyrrole nitrogens is 1. The van der Waals surface area contributed by atoms with Crippen LogP contribution in [0.25, 0.3) is 33.3 Å². The van der Waals surface area contributed by atoms with Crippen molar-refractivity contribution in [3.63, 3.8) is 0 Å². The summed E-state index contributed by atoms with van der Waals surface area (Å²) in [5.74, 6) is 2.56. The Morgan fingerprint density at radius 3 is 2.24 bits per heavy atom. The Bertz CT molecular complexity index is 1140. The van der Waals surface area contributed by atoms with E-state index in [9.17, 15) is 0 Å². The van der Waals surface area contributed by atoms with E-state index in [1.165, 1.54) is 35.1 Å². The highest BCUT2D eigenvalue weighted by molar-refractivity contribution is 5.98. The van der Waals surface area contributed by atoms with Gasteiger partial charge in [-0.2, -0.15) is 0 Å². The van der Waals surface area contributed by atoms with Crippen LogP contribution in [-0.4, -0.2) is 15.1 Å². The normalized spacial score (nSPS) is 13.4.